The van der Waals surface area contributed by atoms with Crippen LogP contribution in [0.4, 0.5) is 9.93 Å². The van der Waals surface area contributed by atoms with E-state index in [1.165, 1.54) is 22.3 Å². The molecule has 59 heavy (non-hydrogen) atoms. The predicted molar refractivity (Wildman–Crippen MR) is 223 cm³/mol. The van der Waals surface area contributed by atoms with E-state index in [1.807, 2.05) is 40.7 Å². The number of anilines is 1. The molecule has 1 unspecified atom stereocenters. The molecule has 3 heterocycles. The van der Waals surface area contributed by atoms with Gasteiger partial charge in [-0.25, -0.2) is 19.6 Å². The van der Waals surface area contributed by atoms with Crippen molar-refractivity contribution in [2.75, 3.05) is 19.0 Å². The number of methoxy groups -OCH3 is 1. The molecule has 4 amide bonds. The number of nitrogens with one attached hydrogen (secondary N) is 3. The average Bonchev–Trinajstić information content (AvgIpc) is 3.56. The molecule has 3 aliphatic rings. The van der Waals surface area contributed by atoms with Crippen molar-refractivity contribution in [2.45, 2.75) is 116 Å². The van der Waals surface area contributed by atoms with E-state index in [4.69, 9.17) is 19.2 Å². The monoisotopic (exact) mass is 830 g/mol. The van der Waals surface area contributed by atoms with Crippen molar-refractivity contribution < 1.29 is 43.3 Å². The molecule has 1 saturated heterocycles. The zero-order valence-corrected chi connectivity index (χ0v) is 35.5. The third-order valence-corrected chi connectivity index (χ3v) is 12.0. The van der Waals surface area contributed by atoms with Gasteiger partial charge in [-0.1, -0.05) is 39.0 Å². The van der Waals surface area contributed by atoms with E-state index in [-0.39, 0.29) is 37.8 Å². The van der Waals surface area contributed by atoms with Gasteiger partial charge in [-0.2, -0.15) is 0 Å². The van der Waals surface area contributed by atoms with Crippen molar-refractivity contribution in [3.63, 3.8) is 0 Å². The van der Waals surface area contributed by atoms with E-state index in [1.54, 1.807) is 25.5 Å². The topological polar surface area (TPSA) is 198 Å². The molecule has 2 saturated carbocycles. The summed E-state index contributed by atoms with van der Waals surface area (Å²) >= 11 is 1.24. The SMILES string of the molecule is C=CC1C[C@]1(NC(=O)[C@@H]1C[C@@H](Oc2cc(-c3csc(NC(=O)CC(=C)C)n3)nc3c(C)c(OC)c(C)cc23)CN1C(=O)[C@@H](NC(=O)OC1CCCC1)C(C)(C)C)C(=O)O. The summed E-state index contributed by atoms with van der Waals surface area (Å²) in [6, 6.07) is 1.39. The minimum Gasteiger partial charge on any atom is -0.496 e. The van der Waals surface area contributed by atoms with Crippen LogP contribution in [0.15, 0.2) is 42.3 Å². The highest BCUT2D eigenvalue weighted by molar-refractivity contribution is 7.14. The highest BCUT2D eigenvalue weighted by atomic mass is 32.1. The molecule has 0 bridgehead atoms. The van der Waals surface area contributed by atoms with Crippen LogP contribution in [-0.4, -0.2) is 93.2 Å². The van der Waals surface area contributed by atoms with E-state index >= 15 is 0 Å². The molecule has 2 aromatic heterocycles. The maximum absolute atomic E-state index is 14.7. The number of rotatable bonds is 14. The van der Waals surface area contributed by atoms with Gasteiger partial charge in [0, 0.05) is 41.2 Å². The van der Waals surface area contributed by atoms with Crippen molar-refractivity contribution in [3.8, 4) is 22.9 Å². The summed E-state index contributed by atoms with van der Waals surface area (Å²) in [7, 11) is 1.58. The fourth-order valence-electron chi connectivity index (χ4n) is 8.07. The summed E-state index contributed by atoms with van der Waals surface area (Å²) < 4.78 is 18.2. The van der Waals surface area contributed by atoms with Crippen molar-refractivity contribution in [1.82, 2.24) is 25.5 Å². The Morgan fingerprint density at radius 2 is 1.81 bits per heavy atom. The third-order valence-electron chi connectivity index (χ3n) is 11.2. The molecule has 6 rings (SSSR count). The van der Waals surface area contributed by atoms with E-state index in [0.29, 0.717) is 44.5 Å². The number of benzene rings is 1. The predicted octanol–water partition coefficient (Wildman–Crippen LogP) is 6.47. The number of aromatic nitrogens is 2. The van der Waals surface area contributed by atoms with Gasteiger partial charge in [0.1, 0.15) is 47.0 Å². The lowest BCUT2D eigenvalue weighted by molar-refractivity contribution is -0.146. The Labute approximate surface area is 348 Å². The van der Waals surface area contributed by atoms with Crippen LogP contribution in [0.2, 0.25) is 0 Å². The summed E-state index contributed by atoms with van der Waals surface area (Å²) in [4.78, 5) is 78.0. The lowest BCUT2D eigenvalue weighted by atomic mass is 9.85. The van der Waals surface area contributed by atoms with Crippen LogP contribution < -0.4 is 25.4 Å². The molecule has 0 spiro atoms. The fraction of sp³-hybridized carbons (Fsp3) is 0.512. The van der Waals surface area contributed by atoms with Gasteiger partial charge in [-0.05, 0) is 69.9 Å². The number of alkyl carbamates (subject to hydrolysis) is 1. The molecule has 3 fully saturated rings. The van der Waals surface area contributed by atoms with E-state index < -0.39 is 58.9 Å². The number of carboxylic acid groups (broad SMARTS) is 1. The Bertz CT molecular complexity index is 2190. The summed E-state index contributed by atoms with van der Waals surface area (Å²) in [5, 5.41) is 21.3. The number of amides is 4. The normalized spacial score (nSPS) is 22.0. The van der Waals surface area contributed by atoms with Gasteiger partial charge < -0.3 is 40.2 Å². The molecule has 5 atom stereocenters. The van der Waals surface area contributed by atoms with Gasteiger partial charge in [0.05, 0.1) is 24.9 Å². The highest BCUT2D eigenvalue weighted by Gasteiger charge is 2.61. The molecule has 3 aromatic rings. The molecule has 316 valence electrons. The second-order valence-electron chi connectivity index (χ2n) is 17.0. The summed E-state index contributed by atoms with van der Waals surface area (Å²) in [5.74, 6) is -2.06. The standard InChI is InChI=1S/C43H54N6O9S/c1-10-25-19-43(25,39(53)54)48-37(51)31-17-27(20-49(31)38(52)36(42(6,7)8)47-41(55)58-26-13-11-12-14-26)57-32-18-29(30-21-59-40(45-30)46-33(50)15-22(2)3)44-34-24(5)35(56-9)23(4)16-28(32)34/h10,16,18,21,25-27,31,36H,1-2,11-15,17,19-20H2,3-9H3,(H,47,55)(H,48,51)(H,53,54)(H,45,46,50)/t25?,27-,31+,36-,43-/m1/s1. The largest absolute Gasteiger partial charge is 0.496 e. The minimum absolute atomic E-state index is 0.0122. The van der Waals surface area contributed by atoms with Gasteiger partial charge in [-0.3, -0.25) is 14.4 Å². The van der Waals surface area contributed by atoms with Crippen LogP contribution >= 0.6 is 11.3 Å². The summed E-state index contributed by atoms with van der Waals surface area (Å²) in [5.41, 5.74) is 1.46. The Hall–Kier alpha value is -5.51. The second-order valence-corrected chi connectivity index (χ2v) is 17.9. The smallest absolute Gasteiger partial charge is 0.408 e. The number of carbonyl (C=O) groups excluding carboxylic acids is 4. The summed E-state index contributed by atoms with van der Waals surface area (Å²) in [6.07, 6.45) is 3.53. The van der Waals surface area contributed by atoms with Crippen LogP contribution in [0.5, 0.6) is 11.5 Å². The molecule has 1 aromatic carbocycles. The average molecular weight is 831 g/mol. The first kappa shape index (κ1) is 43.1. The van der Waals surface area contributed by atoms with Crippen molar-refractivity contribution in [2.24, 2.45) is 11.3 Å². The number of pyridine rings is 1. The number of carbonyl (C=O) groups is 5. The number of thiazole rings is 1. The van der Waals surface area contributed by atoms with Crippen LogP contribution in [-0.2, 0) is 23.9 Å². The number of aryl methyl sites for hydroxylation is 2. The van der Waals surface area contributed by atoms with Gasteiger partial charge in [0.15, 0.2) is 5.13 Å². The number of ether oxygens (including phenoxy) is 3. The molecular formula is C43H54N6O9S. The summed E-state index contributed by atoms with van der Waals surface area (Å²) in [6.45, 7) is 18.5. The second kappa shape index (κ2) is 17.0. The fourth-order valence-corrected chi connectivity index (χ4v) is 8.79. The zero-order chi connectivity index (χ0) is 43.0. The molecule has 0 radical (unpaired) electrons. The van der Waals surface area contributed by atoms with Crippen LogP contribution in [0.25, 0.3) is 22.3 Å². The number of likely N-dealkylation sites (tertiary alicyclic amines) is 1. The van der Waals surface area contributed by atoms with Crippen LogP contribution in [0.3, 0.4) is 0 Å². The van der Waals surface area contributed by atoms with Crippen LogP contribution in [0, 0.1) is 25.2 Å². The molecule has 4 N–H and O–H groups in total. The Balaban J connectivity index is 1.36. The quantitative estimate of drug-likeness (QED) is 0.130. The van der Waals surface area contributed by atoms with E-state index in [2.05, 4.69) is 34.1 Å². The minimum atomic E-state index is -1.54. The number of fused-ring (bicyclic) bond motifs is 1. The third kappa shape index (κ3) is 9.22. The van der Waals surface area contributed by atoms with Gasteiger partial charge in [0.25, 0.3) is 0 Å². The number of aliphatic carboxylic acids is 1. The van der Waals surface area contributed by atoms with E-state index in [9.17, 15) is 29.1 Å². The number of hydrogen-bond donors (Lipinski definition) is 4. The molecule has 15 nitrogen and oxygen atoms in total. The van der Waals surface area contributed by atoms with Gasteiger partial charge in [0.2, 0.25) is 17.7 Å². The number of hydrogen-bond acceptors (Lipinski definition) is 11. The Morgan fingerprint density at radius 3 is 2.42 bits per heavy atom. The maximum Gasteiger partial charge on any atom is 0.408 e. The first-order valence-electron chi connectivity index (χ1n) is 19.9. The highest BCUT2D eigenvalue weighted by Crippen LogP contribution is 2.45. The molecule has 2 aliphatic carbocycles. The van der Waals surface area contributed by atoms with E-state index in [0.717, 1.165) is 36.8 Å². The Kier molecular flexibility index (Phi) is 12.4. The van der Waals surface area contributed by atoms with Crippen molar-refractivity contribution >= 4 is 57.2 Å². The molecule has 16 heteroatoms. The van der Waals surface area contributed by atoms with Crippen molar-refractivity contribution in [1.29, 1.82) is 0 Å². The zero-order valence-electron chi connectivity index (χ0n) is 34.7. The first-order chi connectivity index (χ1) is 27.8. The van der Waals surface area contributed by atoms with Crippen molar-refractivity contribution in [3.05, 3.63) is 53.4 Å². The maximum atomic E-state index is 14.7. The Morgan fingerprint density at radius 1 is 1.10 bits per heavy atom. The van der Waals surface area contributed by atoms with Crippen LogP contribution in [0.1, 0.15) is 83.8 Å². The lowest BCUT2D eigenvalue weighted by Gasteiger charge is -2.35. The lowest BCUT2D eigenvalue weighted by Crippen LogP contribution is -2.59. The van der Waals surface area contributed by atoms with Gasteiger partial charge in [-0.15, -0.1) is 17.9 Å². The van der Waals surface area contributed by atoms with Gasteiger partial charge >= 0.3 is 12.1 Å². The molecular weight excluding hydrogens is 777 g/mol. The first-order valence-corrected chi connectivity index (χ1v) is 20.7. The number of carboxylic acids is 1. The number of nitrogens with zero attached hydrogens (tertiary/aromatic N) is 3. The molecule has 1 aliphatic heterocycles.